The van der Waals surface area contributed by atoms with Crippen LogP contribution in [0.3, 0.4) is 0 Å². The van der Waals surface area contributed by atoms with Crippen LogP contribution < -0.4 is 5.32 Å². The molecule has 0 aromatic heterocycles. The number of rotatable bonds is 6. The summed E-state index contributed by atoms with van der Waals surface area (Å²) in [5.74, 6) is -2.31. The summed E-state index contributed by atoms with van der Waals surface area (Å²) in [7, 11) is 0. The number of hydrogen-bond donors (Lipinski definition) is 1. The molecule has 21 heavy (non-hydrogen) atoms. The summed E-state index contributed by atoms with van der Waals surface area (Å²) in [4.78, 5) is 1.93. The van der Waals surface area contributed by atoms with Crippen LogP contribution in [0.1, 0.15) is 32.3 Å². The van der Waals surface area contributed by atoms with E-state index in [9.17, 15) is 8.78 Å². The van der Waals surface area contributed by atoms with E-state index in [1.54, 1.807) is 18.2 Å². The topological polar surface area (TPSA) is 15.3 Å². The van der Waals surface area contributed by atoms with E-state index in [1.165, 1.54) is 12.1 Å². The van der Waals surface area contributed by atoms with Gasteiger partial charge in [0.05, 0.1) is 6.54 Å². The predicted molar refractivity (Wildman–Crippen MR) is 82.6 cm³/mol. The van der Waals surface area contributed by atoms with Crippen molar-refractivity contribution >= 4 is 0 Å². The van der Waals surface area contributed by atoms with Crippen molar-refractivity contribution in [1.29, 1.82) is 0 Å². The zero-order valence-electron chi connectivity index (χ0n) is 13.0. The summed E-state index contributed by atoms with van der Waals surface area (Å²) >= 11 is 0. The fourth-order valence-corrected chi connectivity index (χ4v) is 3.25. The number of halogens is 2. The number of piperidine rings is 1. The van der Waals surface area contributed by atoms with Crippen LogP contribution in [0.25, 0.3) is 0 Å². The quantitative estimate of drug-likeness (QED) is 0.864. The third-order valence-electron chi connectivity index (χ3n) is 4.43. The molecule has 1 aliphatic heterocycles. The maximum absolute atomic E-state index is 14.4. The monoisotopic (exact) mass is 296 g/mol. The first-order chi connectivity index (χ1) is 10.1. The van der Waals surface area contributed by atoms with Crippen LogP contribution in [0, 0.1) is 5.92 Å². The van der Waals surface area contributed by atoms with E-state index in [4.69, 9.17) is 0 Å². The zero-order valence-corrected chi connectivity index (χ0v) is 13.0. The Kier molecular flexibility index (Phi) is 5.71. The third kappa shape index (κ3) is 4.24. The summed E-state index contributed by atoms with van der Waals surface area (Å²) in [6.07, 6.45) is 1.99. The van der Waals surface area contributed by atoms with Gasteiger partial charge in [0.2, 0.25) is 0 Å². The van der Waals surface area contributed by atoms with Crippen LogP contribution >= 0.6 is 0 Å². The second-order valence-electron chi connectivity index (χ2n) is 5.93. The van der Waals surface area contributed by atoms with Gasteiger partial charge in [0.1, 0.15) is 0 Å². The molecular weight excluding hydrogens is 270 g/mol. The zero-order chi connectivity index (χ0) is 15.3. The molecule has 1 aromatic rings. The van der Waals surface area contributed by atoms with Gasteiger partial charge in [-0.3, -0.25) is 4.90 Å². The Bertz CT molecular complexity index is 422. The second kappa shape index (κ2) is 7.32. The molecule has 2 rings (SSSR count). The van der Waals surface area contributed by atoms with Crippen LogP contribution in [0.4, 0.5) is 8.78 Å². The molecule has 2 nitrogen and oxygen atoms in total. The standard InChI is InChI=1S/C17H26F2N2/c1-3-14-12-21(11-10-16(14)20-4-2)13-17(18,19)15-8-6-5-7-9-15/h5-9,14,16,20H,3-4,10-13H2,1-2H3. The number of alkyl halides is 2. The number of benzene rings is 1. The van der Waals surface area contributed by atoms with Crippen molar-refractivity contribution in [3.05, 3.63) is 35.9 Å². The number of nitrogens with one attached hydrogen (secondary N) is 1. The minimum Gasteiger partial charge on any atom is -0.314 e. The lowest BCUT2D eigenvalue weighted by atomic mass is 9.89. The van der Waals surface area contributed by atoms with Crippen molar-refractivity contribution in [2.75, 3.05) is 26.2 Å². The van der Waals surface area contributed by atoms with Gasteiger partial charge in [-0.1, -0.05) is 50.6 Å². The molecule has 1 aromatic carbocycles. The van der Waals surface area contributed by atoms with Gasteiger partial charge < -0.3 is 5.32 Å². The van der Waals surface area contributed by atoms with Gasteiger partial charge in [-0.15, -0.1) is 0 Å². The van der Waals surface area contributed by atoms with Crippen molar-refractivity contribution in [2.45, 2.75) is 38.7 Å². The van der Waals surface area contributed by atoms with Crippen molar-refractivity contribution in [1.82, 2.24) is 10.2 Å². The lowest BCUT2D eigenvalue weighted by Crippen LogP contribution is -2.51. The lowest BCUT2D eigenvalue weighted by molar-refractivity contribution is -0.0493. The first-order valence-corrected chi connectivity index (χ1v) is 7.96. The normalized spacial score (nSPS) is 24.2. The molecule has 1 fully saturated rings. The fourth-order valence-electron chi connectivity index (χ4n) is 3.25. The van der Waals surface area contributed by atoms with E-state index < -0.39 is 5.92 Å². The van der Waals surface area contributed by atoms with Crippen LogP contribution in [0.5, 0.6) is 0 Å². The Balaban J connectivity index is 1.97. The Morgan fingerprint density at radius 2 is 1.95 bits per heavy atom. The van der Waals surface area contributed by atoms with Gasteiger partial charge in [0.25, 0.3) is 5.92 Å². The average Bonchev–Trinajstić information content (AvgIpc) is 2.49. The molecule has 0 saturated carbocycles. The smallest absolute Gasteiger partial charge is 0.285 e. The van der Waals surface area contributed by atoms with Crippen molar-refractivity contribution in [3.8, 4) is 0 Å². The molecule has 1 aliphatic rings. The molecule has 0 radical (unpaired) electrons. The minimum absolute atomic E-state index is 0.117. The van der Waals surface area contributed by atoms with Crippen LogP contribution in [0.15, 0.2) is 30.3 Å². The number of hydrogen-bond acceptors (Lipinski definition) is 2. The maximum atomic E-state index is 14.4. The molecule has 0 amide bonds. The van der Waals surface area contributed by atoms with E-state index in [1.807, 2.05) is 4.90 Å². The van der Waals surface area contributed by atoms with E-state index in [0.29, 0.717) is 12.0 Å². The Hall–Kier alpha value is -1.00. The summed E-state index contributed by atoms with van der Waals surface area (Å²) in [6.45, 7) is 6.53. The molecule has 0 aliphatic carbocycles. The molecule has 1 N–H and O–H groups in total. The molecule has 0 spiro atoms. The van der Waals surface area contributed by atoms with Gasteiger partial charge in [0.15, 0.2) is 0 Å². The predicted octanol–water partition coefficient (Wildman–Crippen LogP) is 3.49. The van der Waals surface area contributed by atoms with Crippen molar-refractivity contribution in [3.63, 3.8) is 0 Å². The van der Waals surface area contributed by atoms with E-state index in [0.717, 1.165) is 32.5 Å². The molecule has 1 saturated heterocycles. The fraction of sp³-hybridized carbons (Fsp3) is 0.647. The Morgan fingerprint density at radius 1 is 1.24 bits per heavy atom. The lowest BCUT2D eigenvalue weighted by Gasteiger charge is -2.40. The highest BCUT2D eigenvalue weighted by Crippen LogP contribution is 2.31. The average molecular weight is 296 g/mol. The van der Waals surface area contributed by atoms with Crippen molar-refractivity contribution in [2.24, 2.45) is 5.92 Å². The van der Waals surface area contributed by atoms with E-state index >= 15 is 0 Å². The van der Waals surface area contributed by atoms with Gasteiger partial charge in [-0.25, -0.2) is 0 Å². The Labute approximate surface area is 126 Å². The molecule has 0 bridgehead atoms. The third-order valence-corrected chi connectivity index (χ3v) is 4.43. The highest BCUT2D eigenvalue weighted by molar-refractivity contribution is 5.20. The van der Waals surface area contributed by atoms with Gasteiger partial charge in [-0.05, 0) is 25.4 Å². The summed E-state index contributed by atoms with van der Waals surface area (Å²) in [6, 6.07) is 8.63. The molecular formula is C17H26F2N2. The first kappa shape index (κ1) is 16.4. The number of nitrogens with zero attached hydrogens (tertiary/aromatic N) is 1. The van der Waals surface area contributed by atoms with Crippen LogP contribution in [-0.4, -0.2) is 37.1 Å². The summed E-state index contributed by atoms with van der Waals surface area (Å²) in [5.41, 5.74) is 0.117. The first-order valence-electron chi connectivity index (χ1n) is 7.96. The van der Waals surface area contributed by atoms with E-state index in [2.05, 4.69) is 19.2 Å². The minimum atomic E-state index is -2.77. The molecule has 2 unspecified atom stereocenters. The largest absolute Gasteiger partial charge is 0.314 e. The van der Waals surface area contributed by atoms with Gasteiger partial charge in [0, 0.05) is 18.2 Å². The SMILES string of the molecule is CCNC1CCN(CC(F)(F)c2ccccc2)CC1CC. The van der Waals surface area contributed by atoms with Crippen LogP contribution in [0.2, 0.25) is 0 Å². The summed E-state index contributed by atoms with van der Waals surface area (Å²) < 4.78 is 28.7. The Morgan fingerprint density at radius 3 is 2.57 bits per heavy atom. The molecule has 118 valence electrons. The number of likely N-dealkylation sites (tertiary alicyclic amines) is 1. The highest BCUT2D eigenvalue weighted by Gasteiger charge is 2.37. The molecule has 2 atom stereocenters. The van der Waals surface area contributed by atoms with Gasteiger partial charge >= 0.3 is 0 Å². The van der Waals surface area contributed by atoms with Crippen LogP contribution in [-0.2, 0) is 5.92 Å². The van der Waals surface area contributed by atoms with Gasteiger partial charge in [-0.2, -0.15) is 8.78 Å². The summed E-state index contributed by atoms with van der Waals surface area (Å²) in [5, 5.41) is 3.49. The molecule has 4 heteroatoms. The second-order valence-corrected chi connectivity index (χ2v) is 5.93. The molecule has 1 heterocycles. The highest BCUT2D eigenvalue weighted by atomic mass is 19.3. The maximum Gasteiger partial charge on any atom is 0.285 e. The van der Waals surface area contributed by atoms with Crippen molar-refractivity contribution < 1.29 is 8.78 Å². The van der Waals surface area contributed by atoms with E-state index in [-0.39, 0.29) is 12.1 Å².